The van der Waals surface area contributed by atoms with Gasteiger partial charge in [-0.15, -0.1) is 11.6 Å². The Morgan fingerprint density at radius 1 is 1.32 bits per heavy atom. The highest BCUT2D eigenvalue weighted by atomic mass is 35.5. The molecule has 100 valence electrons. The Balaban J connectivity index is 1.88. The van der Waals surface area contributed by atoms with Gasteiger partial charge in [-0.1, -0.05) is 6.07 Å². The molecule has 1 N–H and O–H groups in total. The van der Waals surface area contributed by atoms with Crippen LogP contribution in [0.15, 0.2) is 18.2 Å². The molecule has 1 aromatic carbocycles. The molecule has 1 saturated heterocycles. The first-order chi connectivity index (χ1) is 9.17. The van der Waals surface area contributed by atoms with E-state index in [1.165, 1.54) is 0 Å². The number of nitrogens with zero attached hydrogens (tertiary/aromatic N) is 1. The number of nitrogens with one attached hydrogen (secondary N) is 1. The summed E-state index contributed by atoms with van der Waals surface area (Å²) >= 11 is 5.82. The van der Waals surface area contributed by atoms with Crippen molar-refractivity contribution in [2.45, 2.75) is 19.3 Å². The Labute approximate surface area is 116 Å². The van der Waals surface area contributed by atoms with Gasteiger partial charge in [0.1, 0.15) is 0 Å². The van der Waals surface area contributed by atoms with Crippen molar-refractivity contribution < 1.29 is 9.59 Å². The van der Waals surface area contributed by atoms with Crippen molar-refractivity contribution in [3.8, 4) is 0 Å². The highest BCUT2D eigenvalue weighted by molar-refractivity contribution is 6.18. The largest absolute Gasteiger partial charge is 0.326 e. The number of fused-ring (bicyclic) bond motifs is 1. The summed E-state index contributed by atoms with van der Waals surface area (Å²) in [6.07, 6.45) is 1.80. The standard InChI is InChI=1S/C14H15ClN2O2/c15-7-9-5-14(19)17(8-9)11-3-1-10-2-4-13(18)16-12(10)6-11/h1,3,6,9H,2,4-5,7-8H2,(H,16,18). The number of hydrogen-bond acceptors (Lipinski definition) is 2. The van der Waals surface area contributed by atoms with E-state index in [4.69, 9.17) is 11.6 Å². The van der Waals surface area contributed by atoms with Gasteiger partial charge < -0.3 is 10.2 Å². The van der Waals surface area contributed by atoms with E-state index in [-0.39, 0.29) is 17.7 Å². The number of rotatable bonds is 2. The number of carbonyl (C=O) groups excluding carboxylic acids is 2. The summed E-state index contributed by atoms with van der Waals surface area (Å²) in [6, 6.07) is 5.83. The molecule has 0 saturated carbocycles. The minimum absolute atomic E-state index is 0.0380. The third-order valence-corrected chi connectivity index (χ3v) is 4.16. The van der Waals surface area contributed by atoms with Crippen LogP contribution in [-0.4, -0.2) is 24.2 Å². The number of halogens is 1. The highest BCUT2D eigenvalue weighted by Crippen LogP contribution is 2.31. The molecule has 1 aromatic rings. The first-order valence-corrected chi connectivity index (χ1v) is 7.00. The fourth-order valence-electron chi connectivity index (χ4n) is 2.66. The zero-order valence-corrected chi connectivity index (χ0v) is 11.2. The molecule has 0 radical (unpaired) electrons. The van der Waals surface area contributed by atoms with Crippen LogP contribution in [0.5, 0.6) is 0 Å². The van der Waals surface area contributed by atoms with Crippen molar-refractivity contribution in [2.75, 3.05) is 22.6 Å². The molecule has 2 aliphatic rings. The van der Waals surface area contributed by atoms with E-state index in [0.29, 0.717) is 25.3 Å². The quantitative estimate of drug-likeness (QED) is 0.843. The van der Waals surface area contributed by atoms with Crippen LogP contribution in [0.25, 0.3) is 0 Å². The van der Waals surface area contributed by atoms with Gasteiger partial charge in [-0.2, -0.15) is 0 Å². The second-order valence-corrected chi connectivity index (χ2v) is 5.43. The molecule has 0 spiro atoms. The lowest BCUT2D eigenvalue weighted by Crippen LogP contribution is -2.25. The van der Waals surface area contributed by atoms with Gasteiger partial charge in [0.05, 0.1) is 0 Å². The topological polar surface area (TPSA) is 49.4 Å². The maximum absolute atomic E-state index is 12.0. The third kappa shape index (κ3) is 2.32. The van der Waals surface area contributed by atoms with E-state index >= 15 is 0 Å². The van der Waals surface area contributed by atoms with E-state index in [0.717, 1.165) is 23.4 Å². The zero-order chi connectivity index (χ0) is 13.4. The molecule has 3 rings (SSSR count). The normalized spacial score (nSPS) is 22.4. The molecule has 2 heterocycles. The van der Waals surface area contributed by atoms with Crippen LogP contribution in [0.4, 0.5) is 11.4 Å². The second kappa shape index (κ2) is 4.85. The summed E-state index contributed by atoms with van der Waals surface area (Å²) in [5.74, 6) is 0.868. The van der Waals surface area contributed by atoms with Gasteiger partial charge in [0.2, 0.25) is 11.8 Å². The molecule has 1 fully saturated rings. The van der Waals surface area contributed by atoms with Crippen LogP contribution >= 0.6 is 11.6 Å². The molecule has 0 aliphatic carbocycles. The van der Waals surface area contributed by atoms with E-state index in [2.05, 4.69) is 5.32 Å². The molecule has 1 atom stereocenters. The minimum Gasteiger partial charge on any atom is -0.326 e. The molecule has 0 bridgehead atoms. The van der Waals surface area contributed by atoms with Crippen LogP contribution in [0.3, 0.4) is 0 Å². The van der Waals surface area contributed by atoms with Gasteiger partial charge in [0.25, 0.3) is 0 Å². The number of hydrogen-bond donors (Lipinski definition) is 1. The van der Waals surface area contributed by atoms with Gasteiger partial charge >= 0.3 is 0 Å². The second-order valence-electron chi connectivity index (χ2n) is 5.12. The minimum atomic E-state index is 0.0380. The summed E-state index contributed by atoms with van der Waals surface area (Å²) in [5, 5.41) is 2.86. The Morgan fingerprint density at radius 3 is 2.89 bits per heavy atom. The average Bonchev–Trinajstić information content (AvgIpc) is 2.79. The van der Waals surface area contributed by atoms with Gasteiger partial charge in [-0.25, -0.2) is 0 Å². The van der Waals surface area contributed by atoms with Crippen molar-refractivity contribution in [3.63, 3.8) is 0 Å². The van der Waals surface area contributed by atoms with Crippen molar-refractivity contribution >= 4 is 34.8 Å². The summed E-state index contributed by atoms with van der Waals surface area (Å²) in [5.41, 5.74) is 2.80. The Morgan fingerprint density at radius 2 is 2.16 bits per heavy atom. The molecule has 0 aromatic heterocycles. The fraction of sp³-hybridized carbons (Fsp3) is 0.429. The zero-order valence-electron chi connectivity index (χ0n) is 10.5. The maximum Gasteiger partial charge on any atom is 0.227 e. The Kier molecular flexibility index (Phi) is 3.19. The van der Waals surface area contributed by atoms with Crippen molar-refractivity contribution in [1.82, 2.24) is 0 Å². The lowest BCUT2D eigenvalue weighted by Gasteiger charge is -2.21. The molecule has 2 aliphatic heterocycles. The number of benzene rings is 1. The number of amides is 2. The number of carbonyl (C=O) groups is 2. The highest BCUT2D eigenvalue weighted by Gasteiger charge is 2.30. The fourth-order valence-corrected chi connectivity index (χ4v) is 2.87. The Bertz CT molecular complexity index is 544. The van der Waals surface area contributed by atoms with Crippen molar-refractivity contribution in [3.05, 3.63) is 23.8 Å². The molecule has 2 amide bonds. The van der Waals surface area contributed by atoms with Crippen LogP contribution < -0.4 is 10.2 Å². The summed E-state index contributed by atoms with van der Waals surface area (Å²) in [4.78, 5) is 25.1. The molecule has 1 unspecified atom stereocenters. The smallest absolute Gasteiger partial charge is 0.227 e. The SMILES string of the molecule is O=C1CCc2ccc(N3CC(CCl)CC3=O)cc2N1. The summed E-state index contributed by atoms with van der Waals surface area (Å²) < 4.78 is 0. The van der Waals surface area contributed by atoms with Crippen molar-refractivity contribution in [2.24, 2.45) is 5.92 Å². The summed E-state index contributed by atoms with van der Waals surface area (Å²) in [6.45, 7) is 0.662. The van der Waals surface area contributed by atoms with Gasteiger partial charge in [-0.3, -0.25) is 9.59 Å². The maximum atomic E-state index is 12.0. The van der Waals surface area contributed by atoms with Gasteiger partial charge in [-0.05, 0) is 30.0 Å². The summed E-state index contributed by atoms with van der Waals surface area (Å²) in [7, 11) is 0. The van der Waals surface area contributed by atoms with E-state index in [1.807, 2.05) is 18.2 Å². The predicted molar refractivity (Wildman–Crippen MR) is 74.6 cm³/mol. The lowest BCUT2D eigenvalue weighted by molar-refractivity contribution is -0.117. The van der Waals surface area contributed by atoms with Gasteiger partial charge in [0, 0.05) is 36.6 Å². The molecular formula is C14H15ClN2O2. The first kappa shape index (κ1) is 12.5. The third-order valence-electron chi connectivity index (χ3n) is 3.72. The Hall–Kier alpha value is -1.55. The molecule has 19 heavy (non-hydrogen) atoms. The molecular weight excluding hydrogens is 264 g/mol. The van der Waals surface area contributed by atoms with E-state index < -0.39 is 0 Å². The predicted octanol–water partition coefficient (Wildman–Crippen LogP) is 2.16. The number of alkyl halides is 1. The van der Waals surface area contributed by atoms with E-state index in [9.17, 15) is 9.59 Å². The van der Waals surface area contributed by atoms with Crippen LogP contribution in [-0.2, 0) is 16.0 Å². The lowest BCUT2D eigenvalue weighted by atomic mass is 10.0. The van der Waals surface area contributed by atoms with Crippen LogP contribution in [0.2, 0.25) is 0 Å². The number of aryl methyl sites for hydroxylation is 1. The molecule has 4 nitrogen and oxygen atoms in total. The molecule has 5 heteroatoms. The van der Waals surface area contributed by atoms with Crippen molar-refractivity contribution in [1.29, 1.82) is 0 Å². The first-order valence-electron chi connectivity index (χ1n) is 6.46. The van der Waals surface area contributed by atoms with Crippen LogP contribution in [0, 0.1) is 5.92 Å². The monoisotopic (exact) mass is 278 g/mol. The van der Waals surface area contributed by atoms with E-state index in [1.54, 1.807) is 4.90 Å². The van der Waals surface area contributed by atoms with Crippen LogP contribution in [0.1, 0.15) is 18.4 Å². The van der Waals surface area contributed by atoms with Gasteiger partial charge in [0.15, 0.2) is 0 Å². The number of anilines is 2. The average molecular weight is 279 g/mol.